The van der Waals surface area contributed by atoms with Crippen LogP contribution in [-0.4, -0.2) is 13.1 Å². The van der Waals surface area contributed by atoms with Crippen molar-refractivity contribution in [3.63, 3.8) is 0 Å². The average molecular weight is 275 g/mol. The molecular weight excluding hydrogens is 249 g/mol. The first-order valence-electron chi connectivity index (χ1n) is 8.23. The van der Waals surface area contributed by atoms with Crippen LogP contribution in [0.5, 0.6) is 0 Å². The van der Waals surface area contributed by atoms with Gasteiger partial charge in [-0.15, -0.1) is 0 Å². The van der Waals surface area contributed by atoms with Crippen molar-refractivity contribution in [1.29, 1.82) is 0 Å². The monoisotopic (exact) mass is 275 g/mol. The van der Waals surface area contributed by atoms with Crippen LogP contribution in [-0.2, 0) is 0 Å². The first-order chi connectivity index (χ1) is 9.78. The van der Waals surface area contributed by atoms with Crippen molar-refractivity contribution in [2.75, 3.05) is 13.1 Å². The number of rotatable bonds is 2. The molecule has 0 aromatic heterocycles. The SMILES string of the molecule is CCC1CCCCC12CCNCC2c1ccccc1F. The lowest BCUT2D eigenvalue weighted by atomic mass is 9.55. The Morgan fingerprint density at radius 2 is 2.10 bits per heavy atom. The molecule has 110 valence electrons. The Morgan fingerprint density at radius 1 is 1.25 bits per heavy atom. The summed E-state index contributed by atoms with van der Waals surface area (Å²) in [5.74, 6) is 1.10. The second kappa shape index (κ2) is 5.85. The molecule has 2 heteroatoms. The maximum atomic E-state index is 14.3. The lowest BCUT2D eigenvalue weighted by Crippen LogP contribution is -2.49. The van der Waals surface area contributed by atoms with E-state index in [2.05, 4.69) is 12.2 Å². The summed E-state index contributed by atoms with van der Waals surface area (Å²) in [4.78, 5) is 0. The van der Waals surface area contributed by atoms with E-state index in [1.165, 1.54) is 38.5 Å². The van der Waals surface area contributed by atoms with Crippen LogP contribution in [0, 0.1) is 17.2 Å². The highest BCUT2D eigenvalue weighted by Gasteiger charge is 2.47. The van der Waals surface area contributed by atoms with Crippen LogP contribution in [0.4, 0.5) is 4.39 Å². The maximum Gasteiger partial charge on any atom is 0.126 e. The largest absolute Gasteiger partial charge is 0.316 e. The molecule has 3 atom stereocenters. The van der Waals surface area contributed by atoms with E-state index in [-0.39, 0.29) is 5.82 Å². The smallest absolute Gasteiger partial charge is 0.126 e. The minimum absolute atomic E-state index is 0.0130. The van der Waals surface area contributed by atoms with Gasteiger partial charge < -0.3 is 5.32 Å². The minimum atomic E-state index is -0.0130. The summed E-state index contributed by atoms with van der Waals surface area (Å²) < 4.78 is 14.3. The molecule has 1 aliphatic heterocycles. The quantitative estimate of drug-likeness (QED) is 0.838. The Kier molecular flexibility index (Phi) is 4.11. The van der Waals surface area contributed by atoms with E-state index in [4.69, 9.17) is 0 Å². The van der Waals surface area contributed by atoms with Crippen LogP contribution in [0.25, 0.3) is 0 Å². The molecule has 20 heavy (non-hydrogen) atoms. The Hall–Kier alpha value is -0.890. The number of piperidine rings is 1. The predicted molar refractivity (Wildman–Crippen MR) is 81.3 cm³/mol. The fourth-order valence-corrected chi connectivity index (χ4v) is 4.86. The Bertz CT molecular complexity index is 452. The van der Waals surface area contributed by atoms with Crippen molar-refractivity contribution in [3.8, 4) is 0 Å². The van der Waals surface area contributed by atoms with Crippen molar-refractivity contribution < 1.29 is 4.39 Å². The number of nitrogens with one attached hydrogen (secondary N) is 1. The van der Waals surface area contributed by atoms with Gasteiger partial charge in [0, 0.05) is 12.5 Å². The molecule has 1 N–H and O–H groups in total. The zero-order valence-electron chi connectivity index (χ0n) is 12.5. The van der Waals surface area contributed by atoms with Gasteiger partial charge in [0.15, 0.2) is 0 Å². The van der Waals surface area contributed by atoms with Gasteiger partial charge in [0.05, 0.1) is 0 Å². The molecule has 0 bridgehead atoms. The summed E-state index contributed by atoms with van der Waals surface area (Å²) in [6.07, 6.45) is 7.75. The van der Waals surface area contributed by atoms with Gasteiger partial charge in [-0.2, -0.15) is 0 Å². The molecule has 1 nitrogen and oxygen atoms in total. The number of hydrogen-bond acceptors (Lipinski definition) is 1. The van der Waals surface area contributed by atoms with Gasteiger partial charge in [0.1, 0.15) is 5.82 Å². The molecule has 3 unspecified atom stereocenters. The van der Waals surface area contributed by atoms with Gasteiger partial charge in [0.2, 0.25) is 0 Å². The second-order valence-corrected chi connectivity index (χ2v) is 6.61. The third-order valence-electron chi connectivity index (χ3n) is 5.84. The minimum Gasteiger partial charge on any atom is -0.316 e. The van der Waals surface area contributed by atoms with Crippen LogP contribution < -0.4 is 5.32 Å². The van der Waals surface area contributed by atoms with E-state index >= 15 is 0 Å². The summed E-state index contributed by atoms with van der Waals surface area (Å²) >= 11 is 0. The van der Waals surface area contributed by atoms with Gasteiger partial charge in [-0.05, 0) is 48.8 Å². The summed E-state index contributed by atoms with van der Waals surface area (Å²) in [5.41, 5.74) is 1.28. The second-order valence-electron chi connectivity index (χ2n) is 6.61. The topological polar surface area (TPSA) is 12.0 Å². The van der Waals surface area contributed by atoms with E-state index in [1.54, 1.807) is 12.1 Å². The summed E-state index contributed by atoms with van der Waals surface area (Å²) in [6.45, 7) is 4.36. The van der Waals surface area contributed by atoms with Gasteiger partial charge >= 0.3 is 0 Å². The molecule has 0 amide bonds. The number of benzene rings is 1. The van der Waals surface area contributed by atoms with Crippen LogP contribution in [0.2, 0.25) is 0 Å². The fourth-order valence-electron chi connectivity index (χ4n) is 4.86. The van der Waals surface area contributed by atoms with Gasteiger partial charge in [-0.25, -0.2) is 4.39 Å². The third kappa shape index (κ3) is 2.28. The van der Waals surface area contributed by atoms with E-state index in [9.17, 15) is 4.39 Å². The molecule has 1 aromatic rings. The highest BCUT2D eigenvalue weighted by Crippen LogP contribution is 2.55. The van der Waals surface area contributed by atoms with E-state index < -0.39 is 0 Å². The molecule has 1 heterocycles. The molecular formula is C18H26FN. The predicted octanol–water partition coefficient (Wildman–Crippen LogP) is 4.49. The highest BCUT2D eigenvalue weighted by atomic mass is 19.1. The van der Waals surface area contributed by atoms with Gasteiger partial charge in [0.25, 0.3) is 0 Å². The molecule has 0 radical (unpaired) electrons. The van der Waals surface area contributed by atoms with Crippen LogP contribution in [0.15, 0.2) is 24.3 Å². The van der Waals surface area contributed by atoms with E-state index in [1.807, 2.05) is 12.1 Å². The number of hydrogen-bond donors (Lipinski definition) is 1. The van der Waals surface area contributed by atoms with Crippen molar-refractivity contribution in [1.82, 2.24) is 5.32 Å². The molecule has 1 saturated carbocycles. The fraction of sp³-hybridized carbons (Fsp3) is 0.667. The Balaban J connectivity index is 2.00. The van der Waals surface area contributed by atoms with E-state index in [0.717, 1.165) is 24.6 Å². The third-order valence-corrected chi connectivity index (χ3v) is 5.84. The lowest BCUT2D eigenvalue weighted by molar-refractivity contribution is 0.0280. The van der Waals surface area contributed by atoms with Gasteiger partial charge in [-0.1, -0.05) is 44.4 Å². The summed E-state index contributed by atoms with van der Waals surface area (Å²) in [5, 5.41) is 3.51. The molecule has 1 aliphatic carbocycles. The number of halogens is 1. The van der Waals surface area contributed by atoms with Crippen LogP contribution in [0.3, 0.4) is 0 Å². The zero-order valence-corrected chi connectivity index (χ0v) is 12.5. The van der Waals surface area contributed by atoms with Crippen molar-refractivity contribution in [2.24, 2.45) is 11.3 Å². The molecule has 1 spiro atoms. The van der Waals surface area contributed by atoms with Gasteiger partial charge in [-0.3, -0.25) is 0 Å². The van der Waals surface area contributed by atoms with Crippen molar-refractivity contribution in [3.05, 3.63) is 35.6 Å². The first-order valence-corrected chi connectivity index (χ1v) is 8.23. The average Bonchev–Trinajstić information content (AvgIpc) is 2.49. The standard InChI is InChI=1S/C18H26FN/c1-2-14-7-5-6-10-18(14)11-12-20-13-16(18)15-8-3-4-9-17(15)19/h3-4,8-9,14,16,20H,2,5-7,10-13H2,1H3. The maximum absolute atomic E-state index is 14.3. The molecule has 1 aromatic carbocycles. The zero-order chi connectivity index (χ0) is 14.0. The normalized spacial score (nSPS) is 34.3. The lowest BCUT2D eigenvalue weighted by Gasteiger charge is -2.52. The summed E-state index contributed by atoms with van der Waals surface area (Å²) in [7, 11) is 0. The van der Waals surface area contributed by atoms with Crippen LogP contribution >= 0.6 is 0 Å². The van der Waals surface area contributed by atoms with Crippen molar-refractivity contribution >= 4 is 0 Å². The van der Waals surface area contributed by atoms with E-state index in [0.29, 0.717) is 11.3 Å². The highest BCUT2D eigenvalue weighted by molar-refractivity contribution is 5.26. The Morgan fingerprint density at radius 3 is 2.90 bits per heavy atom. The van der Waals surface area contributed by atoms with Crippen LogP contribution in [0.1, 0.15) is 56.9 Å². The molecule has 2 fully saturated rings. The summed E-state index contributed by atoms with van der Waals surface area (Å²) in [6, 6.07) is 7.43. The van der Waals surface area contributed by atoms with Crippen molar-refractivity contribution in [2.45, 2.75) is 51.4 Å². The molecule has 3 rings (SSSR count). The molecule has 2 aliphatic rings. The first kappa shape index (κ1) is 14.1. The molecule has 1 saturated heterocycles. The Labute approximate surface area is 122 Å².